The Morgan fingerprint density at radius 1 is 1.27 bits per heavy atom. The van der Waals surface area contributed by atoms with E-state index in [1.807, 2.05) is 4.90 Å². The van der Waals surface area contributed by atoms with Gasteiger partial charge in [0.05, 0.1) is 12.6 Å². The van der Waals surface area contributed by atoms with Gasteiger partial charge in [-0.2, -0.15) is 4.98 Å². The highest BCUT2D eigenvalue weighted by Gasteiger charge is 2.26. The molecule has 0 radical (unpaired) electrons. The molecule has 2 aliphatic heterocycles. The second kappa shape index (κ2) is 7.19. The fourth-order valence-corrected chi connectivity index (χ4v) is 3.11. The van der Waals surface area contributed by atoms with E-state index in [9.17, 15) is 4.79 Å². The smallest absolute Gasteiger partial charge is 0.246 e. The third-order valence-electron chi connectivity index (χ3n) is 4.54. The van der Waals surface area contributed by atoms with Crippen molar-refractivity contribution in [1.82, 2.24) is 25.3 Å². The number of aromatic nitrogens is 2. The Balaban J connectivity index is 1.64. The second-order valence-electron chi connectivity index (χ2n) is 6.23. The highest BCUT2D eigenvalue weighted by Crippen LogP contribution is 2.19. The Labute approximate surface area is 131 Å². The first-order valence-corrected chi connectivity index (χ1v) is 8.25. The maximum absolute atomic E-state index is 12.1. The molecule has 2 saturated heterocycles. The molecule has 7 nitrogen and oxygen atoms in total. The molecule has 3 heterocycles. The largest absolute Gasteiger partial charge is 0.337 e. The van der Waals surface area contributed by atoms with Gasteiger partial charge in [-0.15, -0.1) is 0 Å². The number of likely N-dealkylation sites (N-methyl/N-ethyl adjacent to an activating group) is 1. The van der Waals surface area contributed by atoms with Crippen molar-refractivity contribution in [1.29, 1.82) is 0 Å². The molecule has 2 fully saturated rings. The lowest BCUT2D eigenvalue weighted by Gasteiger charge is -2.30. The molecule has 7 heteroatoms. The molecular formula is C15H25N5O2. The van der Waals surface area contributed by atoms with Crippen molar-refractivity contribution in [2.75, 3.05) is 33.2 Å². The molecule has 0 aliphatic carbocycles. The van der Waals surface area contributed by atoms with Crippen LogP contribution in [0.15, 0.2) is 4.52 Å². The van der Waals surface area contributed by atoms with Crippen LogP contribution in [-0.4, -0.2) is 59.1 Å². The lowest BCUT2D eigenvalue weighted by Crippen LogP contribution is -2.44. The predicted molar refractivity (Wildman–Crippen MR) is 81.0 cm³/mol. The maximum Gasteiger partial charge on any atom is 0.246 e. The van der Waals surface area contributed by atoms with Gasteiger partial charge in [0.15, 0.2) is 5.82 Å². The molecule has 22 heavy (non-hydrogen) atoms. The second-order valence-corrected chi connectivity index (χ2v) is 6.23. The molecule has 3 rings (SSSR count). The lowest BCUT2D eigenvalue weighted by molar-refractivity contribution is -0.132. The zero-order chi connectivity index (χ0) is 15.4. The van der Waals surface area contributed by atoms with E-state index in [1.54, 1.807) is 0 Å². The average molecular weight is 307 g/mol. The summed E-state index contributed by atoms with van der Waals surface area (Å²) >= 11 is 0. The normalized spacial score (nSPS) is 25.0. The number of nitrogens with one attached hydrogen (secondary N) is 1. The molecule has 1 aromatic heterocycles. The Bertz CT molecular complexity index is 504. The number of hydrogen-bond donors (Lipinski definition) is 1. The summed E-state index contributed by atoms with van der Waals surface area (Å²) in [7, 11) is 2.07. The molecule has 1 atom stereocenters. The topological polar surface area (TPSA) is 74.5 Å². The van der Waals surface area contributed by atoms with Gasteiger partial charge in [-0.05, 0) is 19.9 Å². The quantitative estimate of drug-likeness (QED) is 0.896. The SMILES string of the molecule is CN1CCNCC1c1noc(CN2CCCCCCC2=O)n1. The van der Waals surface area contributed by atoms with Gasteiger partial charge in [-0.3, -0.25) is 9.69 Å². The first-order valence-electron chi connectivity index (χ1n) is 8.25. The van der Waals surface area contributed by atoms with Crippen LogP contribution in [0.4, 0.5) is 0 Å². The highest BCUT2D eigenvalue weighted by molar-refractivity contribution is 5.76. The zero-order valence-corrected chi connectivity index (χ0v) is 13.3. The summed E-state index contributed by atoms with van der Waals surface area (Å²) in [6, 6.07) is 0.147. The van der Waals surface area contributed by atoms with Crippen molar-refractivity contribution in [2.45, 2.75) is 44.7 Å². The monoisotopic (exact) mass is 307 g/mol. The van der Waals surface area contributed by atoms with Crippen LogP contribution in [0.2, 0.25) is 0 Å². The fourth-order valence-electron chi connectivity index (χ4n) is 3.11. The van der Waals surface area contributed by atoms with E-state index in [0.29, 0.717) is 24.7 Å². The first-order chi connectivity index (χ1) is 10.7. The number of rotatable bonds is 3. The van der Waals surface area contributed by atoms with Crippen LogP contribution in [0.25, 0.3) is 0 Å². The molecule has 0 bridgehead atoms. The minimum absolute atomic E-state index is 0.147. The predicted octanol–water partition coefficient (Wildman–Crippen LogP) is 0.938. The molecule has 1 amide bonds. The van der Waals surface area contributed by atoms with E-state index >= 15 is 0 Å². The molecular weight excluding hydrogens is 282 g/mol. The molecule has 0 aromatic carbocycles. The lowest BCUT2D eigenvalue weighted by atomic mass is 10.1. The van der Waals surface area contributed by atoms with Crippen LogP contribution in [0.1, 0.15) is 49.9 Å². The van der Waals surface area contributed by atoms with Crippen LogP contribution >= 0.6 is 0 Å². The first kappa shape index (κ1) is 15.4. The summed E-state index contributed by atoms with van der Waals surface area (Å²) in [5.41, 5.74) is 0. The van der Waals surface area contributed by atoms with Crippen molar-refractivity contribution < 1.29 is 9.32 Å². The van der Waals surface area contributed by atoms with Crippen molar-refractivity contribution in [3.63, 3.8) is 0 Å². The molecule has 2 aliphatic rings. The van der Waals surface area contributed by atoms with E-state index < -0.39 is 0 Å². The van der Waals surface area contributed by atoms with Gasteiger partial charge < -0.3 is 14.7 Å². The molecule has 0 spiro atoms. The van der Waals surface area contributed by atoms with Crippen LogP contribution in [-0.2, 0) is 11.3 Å². The fraction of sp³-hybridized carbons (Fsp3) is 0.800. The van der Waals surface area contributed by atoms with Crippen molar-refractivity contribution >= 4 is 5.91 Å². The van der Waals surface area contributed by atoms with Crippen molar-refractivity contribution in [2.24, 2.45) is 0 Å². The van der Waals surface area contributed by atoms with Gasteiger partial charge in [-0.1, -0.05) is 18.0 Å². The summed E-state index contributed by atoms with van der Waals surface area (Å²) in [4.78, 5) is 20.8. The summed E-state index contributed by atoms with van der Waals surface area (Å²) < 4.78 is 5.38. The maximum atomic E-state index is 12.1. The van der Waals surface area contributed by atoms with Gasteiger partial charge in [0, 0.05) is 32.6 Å². The van der Waals surface area contributed by atoms with E-state index in [4.69, 9.17) is 4.52 Å². The Morgan fingerprint density at radius 2 is 2.14 bits per heavy atom. The van der Waals surface area contributed by atoms with E-state index in [-0.39, 0.29) is 11.9 Å². The number of hydrogen-bond acceptors (Lipinski definition) is 6. The Hall–Kier alpha value is -1.47. The van der Waals surface area contributed by atoms with Crippen LogP contribution in [0.3, 0.4) is 0 Å². The summed E-state index contributed by atoms with van der Waals surface area (Å²) in [6.07, 6.45) is 5.03. The third kappa shape index (κ3) is 3.64. The minimum atomic E-state index is 0.147. The van der Waals surface area contributed by atoms with Crippen LogP contribution < -0.4 is 5.32 Å². The van der Waals surface area contributed by atoms with Gasteiger partial charge in [0.2, 0.25) is 11.8 Å². The standard InChI is InChI=1S/C15H25N5O2/c1-19-9-7-16-10-12(19)15-17-13(22-18-15)11-20-8-5-3-2-4-6-14(20)21/h12,16H,2-11H2,1H3. The van der Waals surface area contributed by atoms with Gasteiger partial charge in [0.25, 0.3) is 0 Å². The molecule has 1 unspecified atom stereocenters. The summed E-state index contributed by atoms with van der Waals surface area (Å²) in [5, 5.41) is 7.47. The van der Waals surface area contributed by atoms with Crippen LogP contribution in [0, 0.1) is 0 Å². The van der Waals surface area contributed by atoms with Gasteiger partial charge >= 0.3 is 0 Å². The number of piperazine rings is 1. The van der Waals surface area contributed by atoms with Crippen LogP contribution in [0.5, 0.6) is 0 Å². The number of carbonyl (C=O) groups excluding carboxylic acids is 1. The van der Waals surface area contributed by atoms with E-state index in [0.717, 1.165) is 45.4 Å². The third-order valence-corrected chi connectivity index (χ3v) is 4.54. The van der Waals surface area contributed by atoms with Crippen molar-refractivity contribution in [3.05, 3.63) is 11.7 Å². The van der Waals surface area contributed by atoms with Crippen molar-refractivity contribution in [3.8, 4) is 0 Å². The summed E-state index contributed by atoms with van der Waals surface area (Å²) in [5.74, 6) is 1.46. The number of carbonyl (C=O) groups is 1. The molecule has 122 valence electrons. The highest BCUT2D eigenvalue weighted by atomic mass is 16.5. The number of likely N-dealkylation sites (tertiary alicyclic amines) is 1. The Morgan fingerprint density at radius 3 is 3.00 bits per heavy atom. The van der Waals surface area contributed by atoms with Gasteiger partial charge in [0.1, 0.15) is 0 Å². The van der Waals surface area contributed by atoms with Gasteiger partial charge in [-0.25, -0.2) is 0 Å². The molecule has 0 saturated carbocycles. The number of nitrogens with zero attached hydrogens (tertiary/aromatic N) is 4. The minimum Gasteiger partial charge on any atom is -0.337 e. The molecule has 1 N–H and O–H groups in total. The Kier molecular flexibility index (Phi) is 5.04. The zero-order valence-electron chi connectivity index (χ0n) is 13.3. The van der Waals surface area contributed by atoms with E-state index in [1.165, 1.54) is 6.42 Å². The summed E-state index contributed by atoms with van der Waals surface area (Å²) in [6.45, 7) is 4.02. The van der Waals surface area contributed by atoms with E-state index in [2.05, 4.69) is 27.4 Å². The average Bonchev–Trinajstić information content (AvgIpc) is 2.96. The number of amides is 1. The molecule has 1 aromatic rings.